The van der Waals surface area contributed by atoms with Gasteiger partial charge in [0, 0.05) is 22.5 Å². The van der Waals surface area contributed by atoms with E-state index in [2.05, 4.69) is 62.4 Å². The molecule has 1 aliphatic heterocycles. The molecule has 0 saturated carbocycles. The van der Waals surface area contributed by atoms with Crippen molar-refractivity contribution in [1.29, 1.82) is 0 Å². The number of fused-ring (bicyclic) bond motifs is 1. The maximum atomic E-state index is 13.9. The van der Waals surface area contributed by atoms with Gasteiger partial charge in [-0.2, -0.15) is 5.10 Å². The Morgan fingerprint density at radius 2 is 1.80 bits per heavy atom. The van der Waals surface area contributed by atoms with Crippen LogP contribution < -0.4 is 5.43 Å². The minimum Gasteiger partial charge on any atom is -0.283 e. The van der Waals surface area contributed by atoms with Crippen LogP contribution in [0, 0.1) is 0 Å². The van der Waals surface area contributed by atoms with Gasteiger partial charge in [-0.15, -0.1) is 11.3 Å². The molecule has 1 aromatic carbocycles. The van der Waals surface area contributed by atoms with Crippen LogP contribution in [0.1, 0.15) is 125 Å². The van der Waals surface area contributed by atoms with E-state index < -0.39 is 0 Å². The van der Waals surface area contributed by atoms with Gasteiger partial charge in [0.2, 0.25) is 0 Å². The summed E-state index contributed by atoms with van der Waals surface area (Å²) in [5.41, 5.74) is 8.88. The molecule has 0 spiro atoms. The molecule has 3 atom stereocenters. The predicted octanol–water partition coefficient (Wildman–Crippen LogP) is 9.95. The highest BCUT2D eigenvalue weighted by atomic mass is 35.5. The minimum atomic E-state index is -0.140. The number of thiophene rings is 1. The second-order valence-corrected chi connectivity index (χ2v) is 13.3. The summed E-state index contributed by atoms with van der Waals surface area (Å²) in [6.45, 7) is 12.8. The number of benzene rings is 1. The average Bonchev–Trinajstić information content (AvgIpc) is 3.49. The largest absolute Gasteiger partial charge is 0.286 e. The number of halogens is 2. The van der Waals surface area contributed by atoms with Crippen LogP contribution in [0.2, 0.25) is 9.36 Å². The summed E-state index contributed by atoms with van der Waals surface area (Å²) < 4.78 is 2.68. The van der Waals surface area contributed by atoms with Crippen LogP contribution in [0.3, 0.4) is 0 Å². The number of piperidine rings is 1. The quantitative estimate of drug-likeness (QED) is 0.281. The van der Waals surface area contributed by atoms with Crippen molar-refractivity contribution in [1.82, 2.24) is 20.2 Å². The molecule has 5 nitrogen and oxygen atoms in total. The highest BCUT2D eigenvalue weighted by Gasteiger charge is 2.32. The molecule has 3 heterocycles. The monoisotopic (exact) mass is 614 g/mol. The van der Waals surface area contributed by atoms with Crippen LogP contribution in [-0.4, -0.2) is 32.8 Å². The second kappa shape index (κ2) is 14.4. The summed E-state index contributed by atoms with van der Waals surface area (Å²) in [6, 6.07) is 10.8. The predicted molar refractivity (Wildman–Crippen MR) is 175 cm³/mol. The number of hydrogen-bond acceptors (Lipinski definition) is 4. The van der Waals surface area contributed by atoms with Crippen molar-refractivity contribution < 1.29 is 4.79 Å². The molecule has 2 aromatic heterocycles. The molecule has 1 fully saturated rings. The normalized spacial score (nSPS) is 21.0. The van der Waals surface area contributed by atoms with Gasteiger partial charge in [-0.05, 0) is 106 Å². The van der Waals surface area contributed by atoms with E-state index in [-0.39, 0.29) is 5.91 Å². The molecule has 41 heavy (non-hydrogen) atoms. The van der Waals surface area contributed by atoms with Gasteiger partial charge >= 0.3 is 0 Å². The van der Waals surface area contributed by atoms with E-state index >= 15 is 0 Å². The van der Waals surface area contributed by atoms with Crippen LogP contribution in [0.4, 0.5) is 0 Å². The summed E-state index contributed by atoms with van der Waals surface area (Å²) in [5, 5.41) is 7.76. The lowest BCUT2D eigenvalue weighted by molar-refractivity contribution is 0.0365. The summed E-state index contributed by atoms with van der Waals surface area (Å²) >= 11 is 14.8. The lowest BCUT2D eigenvalue weighted by atomic mass is 9.98. The first kappa shape index (κ1) is 31.8. The van der Waals surface area contributed by atoms with Crippen LogP contribution >= 0.6 is 34.5 Å². The Labute approximate surface area is 259 Å². The van der Waals surface area contributed by atoms with Crippen LogP contribution in [0.25, 0.3) is 17.3 Å². The van der Waals surface area contributed by atoms with Crippen molar-refractivity contribution in [2.24, 2.45) is 0 Å². The molecular weight excluding hydrogens is 571 g/mol. The molecule has 1 N–H and O–H groups in total. The fourth-order valence-corrected chi connectivity index (χ4v) is 7.17. The first-order chi connectivity index (χ1) is 19.8. The summed E-state index contributed by atoms with van der Waals surface area (Å²) in [4.78, 5) is 15.0. The summed E-state index contributed by atoms with van der Waals surface area (Å²) in [6.07, 6.45) is 10.3. The third kappa shape index (κ3) is 7.10. The lowest BCUT2D eigenvalue weighted by Gasteiger charge is -2.38. The smallest absolute Gasteiger partial charge is 0.283 e. The Kier molecular flexibility index (Phi) is 11.1. The third-order valence-electron chi connectivity index (χ3n) is 8.34. The number of nitrogens with one attached hydrogen (secondary N) is 1. The molecule has 222 valence electrons. The summed E-state index contributed by atoms with van der Waals surface area (Å²) in [7, 11) is 0. The standard InChI is InChI=1S/C31H38Cl2N4OS.C2H6/c1-5-19(2)22-13-15-27(26(32)18-22)37-30-23(17-24-14-16-28(33)39-24)11-6-7-12-25(30)29(34-37)31(38)35-36-20(3)9-8-10-21(36)4;1-2/h13-21H,5-12H2,1-4H3,(H,35,38);1-2H3/b23-17+;. The van der Waals surface area contributed by atoms with Crippen molar-refractivity contribution in [2.45, 2.75) is 111 Å². The zero-order valence-corrected chi connectivity index (χ0v) is 27.6. The Morgan fingerprint density at radius 3 is 2.44 bits per heavy atom. The van der Waals surface area contributed by atoms with Crippen molar-refractivity contribution in [3.8, 4) is 5.69 Å². The van der Waals surface area contributed by atoms with Gasteiger partial charge in [-0.1, -0.05) is 63.4 Å². The molecule has 1 aliphatic carbocycles. The highest BCUT2D eigenvalue weighted by Crippen LogP contribution is 2.38. The molecule has 2 aliphatic rings. The fraction of sp³-hybridized carbons (Fsp3) is 0.515. The number of hydrogen-bond donors (Lipinski definition) is 1. The molecule has 1 saturated heterocycles. The van der Waals surface area contributed by atoms with Gasteiger partial charge in [0.15, 0.2) is 5.69 Å². The first-order valence-electron chi connectivity index (χ1n) is 15.2. The molecule has 1 amide bonds. The van der Waals surface area contributed by atoms with Gasteiger partial charge < -0.3 is 0 Å². The van der Waals surface area contributed by atoms with E-state index in [1.54, 1.807) is 11.3 Å². The minimum absolute atomic E-state index is 0.140. The molecule has 0 bridgehead atoms. The highest BCUT2D eigenvalue weighted by molar-refractivity contribution is 7.17. The van der Waals surface area contributed by atoms with Gasteiger partial charge in [0.25, 0.3) is 5.91 Å². The van der Waals surface area contributed by atoms with Crippen molar-refractivity contribution in [3.05, 3.63) is 67.1 Å². The number of allylic oxidation sites excluding steroid dienone is 1. The number of nitrogens with zero attached hydrogens (tertiary/aromatic N) is 3. The van der Waals surface area contributed by atoms with Gasteiger partial charge in [-0.3, -0.25) is 10.2 Å². The van der Waals surface area contributed by atoms with Crippen molar-refractivity contribution >= 4 is 52.1 Å². The van der Waals surface area contributed by atoms with Crippen LogP contribution in [0.5, 0.6) is 0 Å². The van der Waals surface area contributed by atoms with Gasteiger partial charge in [0.05, 0.1) is 20.7 Å². The number of amides is 1. The Hall–Kier alpha value is -2.12. The average molecular weight is 616 g/mol. The SMILES string of the molecule is CC.CCC(C)c1ccc(-n2nc(C(=O)NN3C(C)CCCC3C)c3c2/C(=C/c2ccc(Cl)s2)CCCC3)c(Cl)c1. The zero-order valence-electron chi connectivity index (χ0n) is 25.3. The van der Waals surface area contributed by atoms with Crippen LogP contribution in [-0.2, 0) is 6.42 Å². The van der Waals surface area contributed by atoms with E-state index in [9.17, 15) is 4.79 Å². The van der Waals surface area contributed by atoms with Gasteiger partial charge in [0.1, 0.15) is 0 Å². The van der Waals surface area contributed by atoms with E-state index in [0.29, 0.717) is 28.7 Å². The second-order valence-electron chi connectivity index (χ2n) is 11.1. The van der Waals surface area contributed by atoms with E-state index in [4.69, 9.17) is 28.3 Å². The van der Waals surface area contributed by atoms with E-state index in [1.807, 2.05) is 30.7 Å². The molecule has 3 aromatic rings. The number of rotatable bonds is 6. The Morgan fingerprint density at radius 1 is 1.10 bits per heavy atom. The number of hydrazine groups is 1. The number of carbonyl (C=O) groups is 1. The lowest BCUT2D eigenvalue weighted by Crippen LogP contribution is -2.54. The Bertz CT molecular complexity index is 1370. The van der Waals surface area contributed by atoms with Crippen molar-refractivity contribution in [2.75, 3.05) is 0 Å². The molecule has 0 radical (unpaired) electrons. The topological polar surface area (TPSA) is 50.2 Å². The third-order valence-corrected chi connectivity index (χ3v) is 9.82. The van der Waals surface area contributed by atoms with Crippen molar-refractivity contribution in [3.63, 3.8) is 0 Å². The fourth-order valence-electron chi connectivity index (χ4n) is 5.88. The van der Waals surface area contributed by atoms with Gasteiger partial charge in [-0.25, -0.2) is 9.69 Å². The molecular formula is C33H44Cl2N4OS. The zero-order chi connectivity index (χ0) is 29.7. The Balaban J connectivity index is 0.00000189. The summed E-state index contributed by atoms with van der Waals surface area (Å²) in [5.74, 6) is 0.276. The van der Waals surface area contributed by atoms with E-state index in [1.165, 1.54) is 12.0 Å². The molecule has 3 unspecified atom stereocenters. The maximum Gasteiger partial charge on any atom is 0.286 e. The van der Waals surface area contributed by atoms with Crippen LogP contribution in [0.15, 0.2) is 30.3 Å². The maximum absolute atomic E-state index is 13.9. The van der Waals surface area contributed by atoms with E-state index in [0.717, 1.165) is 76.7 Å². The molecule has 8 heteroatoms. The number of carbonyl (C=O) groups excluding carboxylic acids is 1. The molecule has 5 rings (SSSR count). The first-order valence-corrected chi connectivity index (χ1v) is 16.8. The number of aromatic nitrogens is 2.